The number of halogens is 1. The molecule has 5 aromatic rings. The van der Waals surface area contributed by atoms with E-state index in [9.17, 15) is 9.18 Å². The fraction of sp³-hybridized carbons (Fsp3) is 0.0870. The Labute approximate surface area is 176 Å². The zero-order valence-corrected chi connectivity index (χ0v) is 16.9. The molecular weight excluding hydrogens is 399 g/mol. The normalized spacial score (nSPS) is 11.3. The Hall–Kier alpha value is -3.58. The lowest BCUT2D eigenvalue weighted by Gasteiger charge is -2.17. The van der Waals surface area contributed by atoms with Crippen LogP contribution in [0.25, 0.3) is 27.1 Å². The molecule has 0 aliphatic heterocycles. The first kappa shape index (κ1) is 18.4. The van der Waals surface area contributed by atoms with Gasteiger partial charge in [0, 0.05) is 42.3 Å². The van der Waals surface area contributed by atoms with Crippen LogP contribution in [0.2, 0.25) is 0 Å². The lowest BCUT2D eigenvalue weighted by Crippen LogP contribution is -2.27. The number of rotatable bonds is 4. The molecule has 5 nitrogen and oxygen atoms in total. The van der Waals surface area contributed by atoms with Crippen molar-refractivity contribution < 1.29 is 9.18 Å². The summed E-state index contributed by atoms with van der Waals surface area (Å²) < 4.78 is 15.0. The molecule has 0 unspecified atom stereocenters. The van der Waals surface area contributed by atoms with Crippen molar-refractivity contribution >= 4 is 33.1 Å². The molecule has 30 heavy (non-hydrogen) atoms. The van der Waals surface area contributed by atoms with Crippen molar-refractivity contribution in [3.8, 4) is 11.3 Å². The molecule has 148 valence electrons. The van der Waals surface area contributed by atoms with Gasteiger partial charge in [0.05, 0.1) is 11.2 Å². The minimum atomic E-state index is -0.290. The Morgan fingerprint density at radius 1 is 1.17 bits per heavy atom. The molecule has 0 atom stereocenters. The smallest absolute Gasteiger partial charge is 0.271 e. The Balaban J connectivity index is 1.41. The molecule has 2 aromatic carbocycles. The number of fused-ring (bicyclic) bond motifs is 2. The molecular formula is C23H17FN4OS. The van der Waals surface area contributed by atoms with E-state index in [0.29, 0.717) is 17.9 Å². The largest absolute Gasteiger partial charge is 0.336 e. The van der Waals surface area contributed by atoms with Crippen LogP contribution >= 0.6 is 11.3 Å². The van der Waals surface area contributed by atoms with E-state index in [0.717, 1.165) is 27.0 Å². The molecule has 0 radical (unpaired) electrons. The highest BCUT2D eigenvalue weighted by Gasteiger charge is 2.19. The van der Waals surface area contributed by atoms with Crippen molar-refractivity contribution in [2.75, 3.05) is 7.05 Å². The number of thiazole rings is 1. The molecule has 0 bridgehead atoms. The average molecular weight is 416 g/mol. The Bertz CT molecular complexity index is 1370. The summed E-state index contributed by atoms with van der Waals surface area (Å²) in [5.41, 5.74) is 4.04. The fourth-order valence-electron chi connectivity index (χ4n) is 3.46. The molecule has 0 fully saturated rings. The Morgan fingerprint density at radius 2 is 2.00 bits per heavy atom. The predicted molar refractivity (Wildman–Crippen MR) is 116 cm³/mol. The van der Waals surface area contributed by atoms with Crippen molar-refractivity contribution in [2.24, 2.45) is 0 Å². The first-order chi connectivity index (χ1) is 14.6. The number of benzene rings is 2. The van der Waals surface area contributed by atoms with Crippen molar-refractivity contribution in [3.63, 3.8) is 0 Å². The number of aromatic nitrogens is 3. The van der Waals surface area contributed by atoms with Crippen molar-refractivity contribution in [2.45, 2.75) is 6.54 Å². The maximum Gasteiger partial charge on any atom is 0.271 e. The molecule has 0 spiro atoms. The van der Waals surface area contributed by atoms with Crippen LogP contribution in [0.1, 0.15) is 16.1 Å². The highest BCUT2D eigenvalue weighted by atomic mass is 32.1. The molecule has 0 aliphatic rings. The van der Waals surface area contributed by atoms with Crippen LogP contribution < -0.4 is 0 Å². The van der Waals surface area contributed by atoms with E-state index >= 15 is 0 Å². The van der Waals surface area contributed by atoms with E-state index in [1.807, 2.05) is 35.8 Å². The second kappa shape index (κ2) is 7.35. The number of hydrogen-bond donors (Lipinski definition) is 0. The van der Waals surface area contributed by atoms with Crippen LogP contribution in [-0.2, 0) is 6.54 Å². The molecule has 7 heteroatoms. The second-order valence-electron chi connectivity index (χ2n) is 7.10. The quantitative estimate of drug-likeness (QED) is 0.413. The predicted octanol–water partition coefficient (Wildman–Crippen LogP) is 5.02. The lowest BCUT2D eigenvalue weighted by atomic mass is 10.1. The maximum atomic E-state index is 13.2. The maximum absolute atomic E-state index is 13.2. The Morgan fingerprint density at radius 3 is 2.83 bits per heavy atom. The number of carbonyl (C=O) groups is 1. The van der Waals surface area contributed by atoms with Crippen LogP contribution in [0.15, 0.2) is 72.4 Å². The van der Waals surface area contributed by atoms with Crippen LogP contribution in [0, 0.1) is 5.82 Å². The molecule has 0 saturated carbocycles. The first-order valence-electron chi connectivity index (χ1n) is 9.40. The molecule has 0 N–H and O–H groups in total. The van der Waals surface area contributed by atoms with Gasteiger partial charge in [0.25, 0.3) is 5.91 Å². The van der Waals surface area contributed by atoms with Gasteiger partial charge in [0.2, 0.25) is 0 Å². The number of pyridine rings is 1. The van der Waals surface area contributed by atoms with Crippen LogP contribution in [0.3, 0.4) is 0 Å². The van der Waals surface area contributed by atoms with Crippen molar-refractivity contribution in [3.05, 3.63) is 89.4 Å². The summed E-state index contributed by atoms with van der Waals surface area (Å²) in [7, 11) is 1.79. The summed E-state index contributed by atoms with van der Waals surface area (Å²) in [6.45, 7) is 0.487. The topological polar surface area (TPSA) is 50.5 Å². The third kappa shape index (κ3) is 3.33. The van der Waals surface area contributed by atoms with E-state index in [4.69, 9.17) is 0 Å². The van der Waals surface area contributed by atoms with Gasteiger partial charge < -0.3 is 4.90 Å². The summed E-state index contributed by atoms with van der Waals surface area (Å²) in [6.07, 6.45) is 3.59. The third-order valence-corrected chi connectivity index (χ3v) is 5.84. The third-order valence-electron chi connectivity index (χ3n) is 5.00. The number of amides is 1. The summed E-state index contributed by atoms with van der Waals surface area (Å²) in [6, 6.07) is 16.1. The van der Waals surface area contributed by atoms with Crippen molar-refractivity contribution in [1.29, 1.82) is 0 Å². The lowest BCUT2D eigenvalue weighted by molar-refractivity contribution is 0.0778. The van der Waals surface area contributed by atoms with Gasteiger partial charge >= 0.3 is 0 Å². The summed E-state index contributed by atoms with van der Waals surface area (Å²) >= 11 is 1.41. The van der Waals surface area contributed by atoms with E-state index in [1.165, 1.54) is 23.5 Å². The summed E-state index contributed by atoms with van der Waals surface area (Å²) in [5.74, 6) is -0.377. The SMILES string of the molecule is CN(Cc1ccc2ncccc2c1)C(=O)c1csc2nc(-c3ccc(F)cc3)cn12. The monoisotopic (exact) mass is 416 g/mol. The number of imidazole rings is 1. The van der Waals surface area contributed by atoms with E-state index in [1.54, 1.807) is 34.7 Å². The highest BCUT2D eigenvalue weighted by molar-refractivity contribution is 7.15. The zero-order chi connectivity index (χ0) is 20.7. The van der Waals surface area contributed by atoms with E-state index in [2.05, 4.69) is 16.0 Å². The highest BCUT2D eigenvalue weighted by Crippen LogP contribution is 2.25. The number of nitrogens with zero attached hydrogens (tertiary/aromatic N) is 4. The number of carbonyl (C=O) groups excluding carboxylic acids is 1. The van der Waals surface area contributed by atoms with E-state index in [-0.39, 0.29) is 11.7 Å². The molecule has 5 rings (SSSR count). The van der Waals surface area contributed by atoms with Gasteiger partial charge in [-0.15, -0.1) is 11.3 Å². The molecule has 3 heterocycles. The van der Waals surface area contributed by atoms with Crippen LogP contribution in [0.5, 0.6) is 0 Å². The molecule has 3 aromatic heterocycles. The second-order valence-corrected chi connectivity index (χ2v) is 7.93. The Kier molecular flexibility index (Phi) is 4.52. The minimum absolute atomic E-state index is 0.0874. The van der Waals surface area contributed by atoms with Gasteiger partial charge in [-0.05, 0) is 48.0 Å². The van der Waals surface area contributed by atoms with Crippen LogP contribution in [-0.4, -0.2) is 32.2 Å². The minimum Gasteiger partial charge on any atom is -0.336 e. The summed E-state index contributed by atoms with van der Waals surface area (Å²) in [5, 5.41) is 2.87. The van der Waals surface area contributed by atoms with Gasteiger partial charge in [0.15, 0.2) is 4.96 Å². The first-order valence-corrected chi connectivity index (χ1v) is 10.3. The summed E-state index contributed by atoms with van der Waals surface area (Å²) in [4.78, 5) is 24.4. The van der Waals surface area contributed by atoms with Gasteiger partial charge in [-0.25, -0.2) is 9.37 Å². The fourth-order valence-corrected chi connectivity index (χ4v) is 4.31. The average Bonchev–Trinajstić information content (AvgIpc) is 3.34. The van der Waals surface area contributed by atoms with E-state index < -0.39 is 0 Å². The van der Waals surface area contributed by atoms with Gasteiger partial charge in [-0.1, -0.05) is 12.1 Å². The van der Waals surface area contributed by atoms with Crippen molar-refractivity contribution in [1.82, 2.24) is 19.3 Å². The van der Waals surface area contributed by atoms with Gasteiger partial charge in [-0.3, -0.25) is 14.2 Å². The molecule has 0 aliphatic carbocycles. The molecule has 1 amide bonds. The van der Waals surface area contributed by atoms with Crippen LogP contribution in [0.4, 0.5) is 4.39 Å². The van der Waals surface area contributed by atoms with Gasteiger partial charge in [0.1, 0.15) is 11.5 Å². The number of hydrogen-bond acceptors (Lipinski definition) is 4. The zero-order valence-electron chi connectivity index (χ0n) is 16.1. The van der Waals surface area contributed by atoms with Gasteiger partial charge in [-0.2, -0.15) is 0 Å². The standard InChI is InChI=1S/C23H17FN4OS/c1-27(12-15-4-9-19-17(11-15)3-2-10-25-19)22(29)21-14-30-23-26-20(13-28(21)23)16-5-7-18(24)8-6-16/h2-11,13-14H,12H2,1H3. The molecule has 0 saturated heterocycles.